The minimum Gasteiger partial charge on any atom is -0.356 e. The van der Waals surface area contributed by atoms with Crippen LogP contribution in [0, 0.1) is 0 Å². The summed E-state index contributed by atoms with van der Waals surface area (Å²) in [5, 5.41) is 2.93. The van der Waals surface area contributed by atoms with E-state index in [0.717, 1.165) is 19.4 Å². The summed E-state index contributed by atoms with van der Waals surface area (Å²) in [6, 6.07) is 0. The van der Waals surface area contributed by atoms with Crippen molar-refractivity contribution in [1.29, 1.82) is 0 Å². The topological polar surface area (TPSA) is 29.1 Å². The van der Waals surface area contributed by atoms with Gasteiger partial charge in [0, 0.05) is 13.0 Å². The molecule has 0 spiro atoms. The summed E-state index contributed by atoms with van der Waals surface area (Å²) < 4.78 is 0. The van der Waals surface area contributed by atoms with Gasteiger partial charge in [0.2, 0.25) is 5.91 Å². The maximum atomic E-state index is 11.4. The third-order valence-corrected chi connectivity index (χ3v) is 3.74. The molecule has 0 aliphatic carbocycles. The lowest BCUT2D eigenvalue weighted by molar-refractivity contribution is -0.121. The van der Waals surface area contributed by atoms with Gasteiger partial charge in [-0.2, -0.15) is 0 Å². The summed E-state index contributed by atoms with van der Waals surface area (Å²) in [5.74, 6) is 0.225. The molecule has 0 bridgehead atoms. The Balaban J connectivity index is 3.15. The van der Waals surface area contributed by atoms with Crippen LogP contribution in [0.1, 0.15) is 97.3 Å². The maximum absolute atomic E-state index is 11.4. The zero-order valence-corrected chi connectivity index (χ0v) is 14.5. The molecule has 0 radical (unpaired) electrons. The van der Waals surface area contributed by atoms with Gasteiger partial charge in [0.15, 0.2) is 0 Å². The van der Waals surface area contributed by atoms with Crippen molar-refractivity contribution in [2.75, 3.05) is 6.54 Å². The molecule has 0 heterocycles. The number of carbonyl (C=O) groups is 1. The van der Waals surface area contributed by atoms with Crippen molar-refractivity contribution in [3.63, 3.8) is 0 Å². The SMILES string of the molecule is CCCCCC/C=C\CCCCCCCC(=O)NCCC. The lowest BCUT2D eigenvalue weighted by atomic mass is 10.1. The minimum absolute atomic E-state index is 0.225. The molecule has 0 saturated heterocycles. The van der Waals surface area contributed by atoms with Crippen LogP contribution in [-0.4, -0.2) is 12.5 Å². The predicted molar refractivity (Wildman–Crippen MR) is 93.5 cm³/mol. The van der Waals surface area contributed by atoms with Crippen LogP contribution in [0.25, 0.3) is 0 Å². The van der Waals surface area contributed by atoms with Crippen molar-refractivity contribution < 1.29 is 4.79 Å². The molecule has 0 atom stereocenters. The number of hydrogen-bond donors (Lipinski definition) is 1. The Morgan fingerprint density at radius 2 is 1.33 bits per heavy atom. The fraction of sp³-hybridized carbons (Fsp3) is 0.842. The predicted octanol–water partition coefficient (Wildman–Crippen LogP) is 5.77. The highest BCUT2D eigenvalue weighted by molar-refractivity contribution is 5.75. The molecule has 21 heavy (non-hydrogen) atoms. The fourth-order valence-electron chi connectivity index (χ4n) is 2.36. The molecule has 2 nitrogen and oxygen atoms in total. The second kappa shape index (κ2) is 17.3. The van der Waals surface area contributed by atoms with Gasteiger partial charge in [-0.15, -0.1) is 0 Å². The Labute approximate surface area is 132 Å². The highest BCUT2D eigenvalue weighted by Crippen LogP contribution is 2.08. The largest absolute Gasteiger partial charge is 0.356 e. The molecule has 0 aromatic rings. The van der Waals surface area contributed by atoms with E-state index in [2.05, 4.69) is 31.3 Å². The molecule has 0 aliphatic rings. The molecule has 0 aromatic heterocycles. The monoisotopic (exact) mass is 295 g/mol. The number of rotatable bonds is 15. The average molecular weight is 296 g/mol. The third kappa shape index (κ3) is 17.2. The molecular formula is C19H37NO. The maximum Gasteiger partial charge on any atom is 0.219 e. The number of carbonyl (C=O) groups excluding carboxylic acids is 1. The van der Waals surface area contributed by atoms with Crippen LogP contribution in [0.4, 0.5) is 0 Å². The van der Waals surface area contributed by atoms with Crippen molar-refractivity contribution in [1.82, 2.24) is 5.32 Å². The summed E-state index contributed by atoms with van der Waals surface area (Å²) in [7, 11) is 0. The molecular weight excluding hydrogens is 258 g/mol. The third-order valence-electron chi connectivity index (χ3n) is 3.74. The van der Waals surface area contributed by atoms with E-state index in [1.807, 2.05) is 0 Å². The second-order valence-corrected chi connectivity index (χ2v) is 5.98. The van der Waals surface area contributed by atoms with Gasteiger partial charge < -0.3 is 5.32 Å². The van der Waals surface area contributed by atoms with Gasteiger partial charge in [0.05, 0.1) is 0 Å². The van der Waals surface area contributed by atoms with E-state index in [-0.39, 0.29) is 5.91 Å². The minimum atomic E-state index is 0.225. The number of unbranched alkanes of at least 4 members (excludes halogenated alkanes) is 9. The molecule has 124 valence electrons. The smallest absolute Gasteiger partial charge is 0.219 e. The van der Waals surface area contributed by atoms with Crippen LogP contribution >= 0.6 is 0 Å². The first-order valence-electron chi connectivity index (χ1n) is 9.23. The Hall–Kier alpha value is -0.790. The first-order chi connectivity index (χ1) is 10.3. The highest BCUT2D eigenvalue weighted by atomic mass is 16.1. The first-order valence-corrected chi connectivity index (χ1v) is 9.23. The van der Waals surface area contributed by atoms with Gasteiger partial charge in [0.1, 0.15) is 0 Å². The van der Waals surface area contributed by atoms with Gasteiger partial charge in [0.25, 0.3) is 0 Å². The van der Waals surface area contributed by atoms with Gasteiger partial charge in [-0.25, -0.2) is 0 Å². The normalized spacial score (nSPS) is 11.1. The van der Waals surface area contributed by atoms with E-state index < -0.39 is 0 Å². The van der Waals surface area contributed by atoms with Crippen LogP contribution in [0.5, 0.6) is 0 Å². The van der Waals surface area contributed by atoms with Crippen molar-refractivity contribution in [2.45, 2.75) is 97.3 Å². The molecule has 1 amide bonds. The molecule has 0 aliphatic heterocycles. The standard InChI is InChI=1S/C19H37NO/c1-3-5-6-7-8-9-10-11-12-13-14-15-16-17-19(21)20-18-4-2/h9-10H,3-8,11-18H2,1-2H3,(H,20,21)/b10-9-. The number of hydrogen-bond acceptors (Lipinski definition) is 1. The Morgan fingerprint density at radius 3 is 1.95 bits per heavy atom. The Bertz CT molecular complexity index is 248. The van der Waals surface area contributed by atoms with Gasteiger partial charge in [-0.3, -0.25) is 4.79 Å². The molecule has 0 rings (SSSR count). The fourth-order valence-corrected chi connectivity index (χ4v) is 2.36. The Morgan fingerprint density at radius 1 is 0.762 bits per heavy atom. The molecule has 2 heteroatoms. The van der Waals surface area contributed by atoms with Crippen LogP contribution in [0.2, 0.25) is 0 Å². The van der Waals surface area contributed by atoms with E-state index in [4.69, 9.17) is 0 Å². The second-order valence-electron chi connectivity index (χ2n) is 5.98. The summed E-state index contributed by atoms with van der Waals surface area (Å²) >= 11 is 0. The zero-order valence-electron chi connectivity index (χ0n) is 14.5. The van der Waals surface area contributed by atoms with Crippen molar-refractivity contribution in [3.05, 3.63) is 12.2 Å². The van der Waals surface area contributed by atoms with Crippen LogP contribution in [-0.2, 0) is 4.79 Å². The average Bonchev–Trinajstić information content (AvgIpc) is 2.49. The molecule has 0 aromatic carbocycles. The zero-order chi connectivity index (χ0) is 15.6. The van der Waals surface area contributed by atoms with Crippen molar-refractivity contribution in [3.8, 4) is 0 Å². The van der Waals surface area contributed by atoms with Gasteiger partial charge in [-0.1, -0.05) is 64.5 Å². The van der Waals surface area contributed by atoms with E-state index in [9.17, 15) is 4.79 Å². The van der Waals surface area contributed by atoms with Gasteiger partial charge >= 0.3 is 0 Å². The number of nitrogens with one attached hydrogen (secondary N) is 1. The van der Waals surface area contributed by atoms with E-state index >= 15 is 0 Å². The van der Waals surface area contributed by atoms with Crippen LogP contribution in [0.3, 0.4) is 0 Å². The molecule has 0 unspecified atom stereocenters. The summed E-state index contributed by atoms with van der Waals surface area (Å²) in [6.45, 7) is 5.16. The van der Waals surface area contributed by atoms with E-state index in [0.29, 0.717) is 6.42 Å². The summed E-state index contributed by atoms with van der Waals surface area (Å²) in [6.07, 6.45) is 20.5. The lowest BCUT2D eigenvalue weighted by Gasteiger charge is -2.03. The van der Waals surface area contributed by atoms with Gasteiger partial charge in [-0.05, 0) is 38.5 Å². The van der Waals surface area contributed by atoms with E-state index in [1.54, 1.807) is 0 Å². The summed E-state index contributed by atoms with van der Waals surface area (Å²) in [5.41, 5.74) is 0. The highest BCUT2D eigenvalue weighted by Gasteiger charge is 1.98. The van der Waals surface area contributed by atoms with Crippen LogP contribution in [0.15, 0.2) is 12.2 Å². The van der Waals surface area contributed by atoms with Crippen LogP contribution < -0.4 is 5.32 Å². The quantitative estimate of drug-likeness (QED) is 0.301. The number of allylic oxidation sites excluding steroid dienone is 2. The summed E-state index contributed by atoms with van der Waals surface area (Å²) in [4.78, 5) is 11.4. The molecule has 0 fully saturated rings. The lowest BCUT2D eigenvalue weighted by Crippen LogP contribution is -2.23. The van der Waals surface area contributed by atoms with E-state index in [1.165, 1.54) is 64.2 Å². The first kappa shape index (κ1) is 20.2. The molecule has 0 saturated carbocycles. The van der Waals surface area contributed by atoms with Crippen molar-refractivity contribution in [2.24, 2.45) is 0 Å². The molecule has 1 N–H and O–H groups in total. The number of amides is 1. The Kier molecular flexibility index (Phi) is 16.6. The van der Waals surface area contributed by atoms with Crippen molar-refractivity contribution >= 4 is 5.91 Å².